The summed E-state index contributed by atoms with van der Waals surface area (Å²) in [5, 5.41) is 0. The predicted octanol–water partition coefficient (Wildman–Crippen LogP) is 3.53. The van der Waals surface area contributed by atoms with Crippen molar-refractivity contribution in [3.8, 4) is 0 Å². The average Bonchev–Trinajstić information content (AvgIpc) is 2.93. The quantitative estimate of drug-likeness (QED) is 0.108. The van der Waals surface area contributed by atoms with Crippen LogP contribution in [0.4, 0.5) is 0 Å². The molecule has 0 amide bonds. The minimum Gasteiger partial charge on any atom is -0.379 e. The molecule has 0 aliphatic heterocycles. The van der Waals surface area contributed by atoms with Crippen LogP contribution in [-0.2, 0) is 47.4 Å². The summed E-state index contributed by atoms with van der Waals surface area (Å²) in [6.45, 7) is 15.9. The highest BCUT2D eigenvalue weighted by molar-refractivity contribution is 4.44. The summed E-state index contributed by atoms with van der Waals surface area (Å²) >= 11 is 0. The fraction of sp³-hybridized carbons (Fsp3) is 1.00. The van der Waals surface area contributed by atoms with E-state index in [0.717, 1.165) is 13.0 Å². The van der Waals surface area contributed by atoms with Crippen molar-refractivity contribution in [1.29, 1.82) is 0 Å². The zero-order valence-corrected chi connectivity index (χ0v) is 24.5. The van der Waals surface area contributed by atoms with Gasteiger partial charge in [0.2, 0.25) is 0 Å². The van der Waals surface area contributed by atoms with E-state index in [0.29, 0.717) is 126 Å². The fourth-order valence-corrected chi connectivity index (χ4v) is 3.11. The predicted molar refractivity (Wildman–Crippen MR) is 147 cm³/mol. The van der Waals surface area contributed by atoms with Crippen molar-refractivity contribution in [1.82, 2.24) is 0 Å². The molecule has 0 spiro atoms. The van der Waals surface area contributed by atoms with Gasteiger partial charge in [0.1, 0.15) is 0 Å². The average molecular weight is 555 g/mol. The maximum absolute atomic E-state index is 5.58. The van der Waals surface area contributed by atoms with Crippen LogP contribution in [0.5, 0.6) is 0 Å². The molecule has 0 bridgehead atoms. The molecular weight excluding hydrogens is 496 g/mol. The van der Waals surface area contributed by atoms with Crippen LogP contribution in [0.3, 0.4) is 0 Å². The third-order valence-electron chi connectivity index (χ3n) is 5.19. The van der Waals surface area contributed by atoms with Crippen LogP contribution in [-0.4, -0.2) is 132 Å². The number of rotatable bonds is 35. The smallest absolute Gasteiger partial charge is 0.0701 e. The number of ether oxygens (including phenoxy) is 10. The van der Waals surface area contributed by atoms with Gasteiger partial charge in [-0.15, -0.1) is 0 Å². The Bertz CT molecular complexity index is 368. The van der Waals surface area contributed by atoms with Crippen molar-refractivity contribution < 1.29 is 47.4 Å². The van der Waals surface area contributed by atoms with Gasteiger partial charge in [0.05, 0.1) is 119 Å². The van der Waals surface area contributed by atoms with E-state index in [1.165, 1.54) is 32.1 Å². The Morgan fingerprint density at radius 3 is 0.763 bits per heavy atom. The Morgan fingerprint density at radius 2 is 0.474 bits per heavy atom. The van der Waals surface area contributed by atoms with E-state index < -0.39 is 0 Å². The topological polar surface area (TPSA) is 92.3 Å². The summed E-state index contributed by atoms with van der Waals surface area (Å²) in [6.07, 6.45) is 7.71. The Kier molecular flexibility index (Phi) is 36.2. The monoisotopic (exact) mass is 554 g/mol. The first-order chi connectivity index (χ1) is 18.9. The molecule has 0 saturated heterocycles. The van der Waals surface area contributed by atoms with E-state index in [9.17, 15) is 0 Å². The molecule has 10 nitrogen and oxygen atoms in total. The van der Waals surface area contributed by atoms with Crippen molar-refractivity contribution >= 4 is 0 Å². The lowest BCUT2D eigenvalue weighted by molar-refractivity contribution is -0.0263. The van der Waals surface area contributed by atoms with E-state index in [1.807, 2.05) is 6.92 Å². The Morgan fingerprint density at radius 1 is 0.237 bits per heavy atom. The van der Waals surface area contributed by atoms with Gasteiger partial charge in [0, 0.05) is 13.2 Å². The molecule has 0 aromatic carbocycles. The zero-order valence-electron chi connectivity index (χ0n) is 24.5. The molecule has 0 rings (SSSR count). The summed E-state index contributed by atoms with van der Waals surface area (Å²) in [7, 11) is 0. The Balaban J connectivity index is 3.01. The Labute approximate surface area is 232 Å². The van der Waals surface area contributed by atoms with Gasteiger partial charge < -0.3 is 47.4 Å². The van der Waals surface area contributed by atoms with Crippen LogP contribution in [0, 0.1) is 0 Å². The molecular formula is C28H58O10. The van der Waals surface area contributed by atoms with Gasteiger partial charge in [-0.05, 0) is 13.3 Å². The summed E-state index contributed by atoms with van der Waals surface area (Å²) in [6, 6.07) is 0. The molecule has 38 heavy (non-hydrogen) atoms. The lowest BCUT2D eigenvalue weighted by atomic mass is 10.1. The Hall–Kier alpha value is -0.400. The standard InChI is InChI=1S/C28H58O10/c1-3-5-6-7-8-9-10-30-13-14-32-17-18-34-21-22-36-25-26-38-28-27-37-24-23-35-20-19-33-16-15-31-12-11-29-4-2/h3-28H2,1-2H3. The molecule has 0 atom stereocenters. The highest BCUT2D eigenvalue weighted by Gasteiger charge is 1.96. The van der Waals surface area contributed by atoms with Gasteiger partial charge in [-0.1, -0.05) is 39.0 Å². The molecule has 0 unspecified atom stereocenters. The number of hydrogen-bond donors (Lipinski definition) is 0. The van der Waals surface area contributed by atoms with Gasteiger partial charge in [-0.25, -0.2) is 0 Å². The summed E-state index contributed by atoms with van der Waals surface area (Å²) < 4.78 is 54.4. The van der Waals surface area contributed by atoms with Crippen LogP contribution in [0.1, 0.15) is 52.4 Å². The van der Waals surface area contributed by atoms with Crippen molar-refractivity contribution in [3.63, 3.8) is 0 Å². The second-order valence-electron chi connectivity index (χ2n) is 8.48. The first-order valence-electron chi connectivity index (χ1n) is 14.7. The SMILES string of the molecule is CCCCCCCCOCCOCCOCCOCCOCCOCCOCCOCCOCCOCC. The molecule has 0 aromatic rings. The molecule has 10 heteroatoms. The van der Waals surface area contributed by atoms with Crippen LogP contribution in [0.25, 0.3) is 0 Å². The van der Waals surface area contributed by atoms with E-state index in [2.05, 4.69) is 6.92 Å². The molecule has 0 N–H and O–H groups in total. The van der Waals surface area contributed by atoms with Gasteiger partial charge in [0.25, 0.3) is 0 Å². The summed E-state index contributed by atoms with van der Waals surface area (Å²) in [5.41, 5.74) is 0. The highest BCUT2D eigenvalue weighted by atomic mass is 16.6. The van der Waals surface area contributed by atoms with Crippen molar-refractivity contribution in [2.24, 2.45) is 0 Å². The van der Waals surface area contributed by atoms with E-state index in [-0.39, 0.29) is 0 Å². The maximum atomic E-state index is 5.58. The molecule has 0 aliphatic carbocycles. The minimum atomic E-state index is 0.534. The number of unbranched alkanes of at least 4 members (excludes halogenated alkanes) is 5. The molecule has 0 aromatic heterocycles. The van der Waals surface area contributed by atoms with Crippen LogP contribution < -0.4 is 0 Å². The second-order valence-corrected chi connectivity index (χ2v) is 8.48. The van der Waals surface area contributed by atoms with Crippen LogP contribution in [0.2, 0.25) is 0 Å². The molecule has 0 radical (unpaired) electrons. The lowest BCUT2D eigenvalue weighted by Crippen LogP contribution is -2.15. The molecule has 0 aliphatic rings. The van der Waals surface area contributed by atoms with Gasteiger partial charge in [-0.3, -0.25) is 0 Å². The third-order valence-corrected chi connectivity index (χ3v) is 5.19. The fourth-order valence-electron chi connectivity index (χ4n) is 3.11. The van der Waals surface area contributed by atoms with Crippen molar-refractivity contribution in [2.75, 3.05) is 132 Å². The van der Waals surface area contributed by atoms with Gasteiger partial charge >= 0.3 is 0 Å². The molecule has 0 saturated carbocycles. The minimum absolute atomic E-state index is 0.534. The second kappa shape index (κ2) is 36.6. The van der Waals surface area contributed by atoms with E-state index >= 15 is 0 Å². The summed E-state index contributed by atoms with van der Waals surface area (Å²) in [5.74, 6) is 0. The first kappa shape index (κ1) is 37.6. The van der Waals surface area contributed by atoms with Gasteiger partial charge in [-0.2, -0.15) is 0 Å². The lowest BCUT2D eigenvalue weighted by Gasteiger charge is -2.09. The van der Waals surface area contributed by atoms with Crippen molar-refractivity contribution in [2.45, 2.75) is 52.4 Å². The van der Waals surface area contributed by atoms with Crippen LogP contribution >= 0.6 is 0 Å². The van der Waals surface area contributed by atoms with Crippen LogP contribution in [0.15, 0.2) is 0 Å². The van der Waals surface area contributed by atoms with E-state index in [4.69, 9.17) is 47.4 Å². The number of hydrogen-bond acceptors (Lipinski definition) is 10. The maximum Gasteiger partial charge on any atom is 0.0701 e. The molecule has 230 valence electrons. The van der Waals surface area contributed by atoms with E-state index in [1.54, 1.807) is 0 Å². The zero-order chi connectivity index (χ0) is 27.5. The van der Waals surface area contributed by atoms with Gasteiger partial charge in [0.15, 0.2) is 0 Å². The third kappa shape index (κ3) is 35.6. The largest absolute Gasteiger partial charge is 0.379 e. The molecule has 0 fully saturated rings. The normalized spacial score (nSPS) is 11.5. The molecule has 0 heterocycles. The first-order valence-corrected chi connectivity index (χ1v) is 14.7. The van der Waals surface area contributed by atoms with Crippen molar-refractivity contribution in [3.05, 3.63) is 0 Å². The summed E-state index contributed by atoms with van der Waals surface area (Å²) in [4.78, 5) is 0. The highest BCUT2D eigenvalue weighted by Crippen LogP contribution is 2.04.